The van der Waals surface area contributed by atoms with Gasteiger partial charge in [-0.3, -0.25) is 9.59 Å². The van der Waals surface area contributed by atoms with Crippen LogP contribution >= 0.6 is 0 Å². The molecular formula is C21H24N2O5S. The molecule has 0 saturated heterocycles. The van der Waals surface area contributed by atoms with E-state index in [2.05, 4.69) is 10.0 Å². The van der Waals surface area contributed by atoms with Gasteiger partial charge >= 0.3 is 5.97 Å². The van der Waals surface area contributed by atoms with Crippen molar-refractivity contribution < 1.29 is 22.7 Å². The minimum absolute atomic E-state index is 0.0690. The number of nitrogens with one attached hydrogen (secondary N) is 2. The summed E-state index contributed by atoms with van der Waals surface area (Å²) < 4.78 is 32.5. The van der Waals surface area contributed by atoms with Crippen LogP contribution < -0.4 is 10.0 Å². The SMILES string of the molecule is Cc1ccc(S(=O)(=O)NCC(=O)O[C@@H](C(=O)NC2CC2)c2ccccc2)cc1C. The summed E-state index contributed by atoms with van der Waals surface area (Å²) in [5.41, 5.74) is 2.32. The molecule has 0 radical (unpaired) electrons. The number of carbonyl (C=O) groups is 2. The predicted octanol–water partition coefficient (Wildman–Crippen LogP) is 2.14. The van der Waals surface area contributed by atoms with E-state index in [1.54, 1.807) is 42.5 Å². The van der Waals surface area contributed by atoms with Gasteiger partial charge in [0.15, 0.2) is 0 Å². The molecule has 1 aliphatic rings. The van der Waals surface area contributed by atoms with Gasteiger partial charge in [0.25, 0.3) is 5.91 Å². The Hall–Kier alpha value is -2.71. The van der Waals surface area contributed by atoms with E-state index in [1.165, 1.54) is 6.07 Å². The highest BCUT2D eigenvalue weighted by atomic mass is 32.2. The Morgan fingerprint density at radius 2 is 1.76 bits per heavy atom. The predicted molar refractivity (Wildman–Crippen MR) is 108 cm³/mol. The molecule has 1 amide bonds. The Bertz CT molecular complexity index is 1000. The van der Waals surface area contributed by atoms with Crippen LogP contribution in [0.1, 0.15) is 35.6 Å². The molecule has 1 saturated carbocycles. The molecule has 2 N–H and O–H groups in total. The van der Waals surface area contributed by atoms with Crippen molar-refractivity contribution in [3.63, 3.8) is 0 Å². The zero-order valence-corrected chi connectivity index (χ0v) is 17.2. The van der Waals surface area contributed by atoms with Crippen LogP contribution in [0.4, 0.5) is 0 Å². The van der Waals surface area contributed by atoms with Gasteiger partial charge in [0.05, 0.1) is 4.90 Å². The fourth-order valence-electron chi connectivity index (χ4n) is 2.70. The number of amides is 1. The summed E-state index contributed by atoms with van der Waals surface area (Å²) in [6.07, 6.45) is 0.670. The Kier molecular flexibility index (Phi) is 6.34. The summed E-state index contributed by atoms with van der Waals surface area (Å²) >= 11 is 0. The lowest BCUT2D eigenvalue weighted by Gasteiger charge is -2.18. The van der Waals surface area contributed by atoms with Crippen LogP contribution in [0.25, 0.3) is 0 Å². The van der Waals surface area contributed by atoms with E-state index < -0.39 is 34.5 Å². The quantitative estimate of drug-likeness (QED) is 0.642. The highest BCUT2D eigenvalue weighted by molar-refractivity contribution is 7.89. The van der Waals surface area contributed by atoms with Gasteiger partial charge in [-0.05, 0) is 49.9 Å². The van der Waals surface area contributed by atoms with Gasteiger partial charge in [0.2, 0.25) is 16.1 Å². The molecular weight excluding hydrogens is 392 g/mol. The maximum absolute atomic E-state index is 12.5. The van der Waals surface area contributed by atoms with Crippen molar-refractivity contribution in [1.82, 2.24) is 10.0 Å². The fourth-order valence-corrected chi connectivity index (χ4v) is 3.75. The van der Waals surface area contributed by atoms with Gasteiger partial charge in [-0.1, -0.05) is 36.4 Å². The standard InChI is InChI=1S/C21H24N2O5S/c1-14-8-11-18(12-15(14)2)29(26,27)22-13-19(24)28-20(16-6-4-3-5-7-16)21(25)23-17-9-10-17/h3-8,11-12,17,20,22H,9-10,13H2,1-2H3,(H,23,25)/t20-/m1/s1. The zero-order chi connectivity index (χ0) is 21.0. The van der Waals surface area contributed by atoms with Crippen molar-refractivity contribution in [3.8, 4) is 0 Å². The lowest BCUT2D eigenvalue weighted by Crippen LogP contribution is -2.36. The Morgan fingerprint density at radius 1 is 1.07 bits per heavy atom. The number of esters is 1. The summed E-state index contributed by atoms with van der Waals surface area (Å²) in [4.78, 5) is 24.9. The van der Waals surface area contributed by atoms with E-state index in [4.69, 9.17) is 4.74 Å². The molecule has 1 aliphatic carbocycles. The Labute approximate surface area is 170 Å². The third-order valence-electron chi connectivity index (χ3n) is 4.71. The normalized spacial score (nSPS) is 14.8. The first-order valence-corrected chi connectivity index (χ1v) is 10.9. The van der Waals surface area contributed by atoms with Gasteiger partial charge in [-0.2, -0.15) is 4.72 Å². The van der Waals surface area contributed by atoms with Crippen molar-refractivity contribution in [2.75, 3.05) is 6.54 Å². The average Bonchev–Trinajstić information content (AvgIpc) is 3.51. The van der Waals surface area contributed by atoms with E-state index in [9.17, 15) is 18.0 Å². The lowest BCUT2D eigenvalue weighted by atomic mass is 10.1. The van der Waals surface area contributed by atoms with E-state index in [1.807, 2.05) is 13.8 Å². The Morgan fingerprint density at radius 3 is 2.38 bits per heavy atom. The summed E-state index contributed by atoms with van der Waals surface area (Å²) in [6.45, 7) is 3.12. The van der Waals surface area contributed by atoms with Gasteiger partial charge in [0, 0.05) is 11.6 Å². The minimum Gasteiger partial charge on any atom is -0.446 e. The van der Waals surface area contributed by atoms with Crippen LogP contribution in [0.2, 0.25) is 0 Å². The number of hydrogen-bond donors (Lipinski definition) is 2. The first kappa shape index (κ1) is 21.0. The van der Waals surface area contributed by atoms with Crippen LogP contribution in [0.5, 0.6) is 0 Å². The van der Waals surface area contributed by atoms with Gasteiger partial charge in [-0.15, -0.1) is 0 Å². The molecule has 8 heteroatoms. The molecule has 29 heavy (non-hydrogen) atoms. The second kappa shape index (κ2) is 8.75. The van der Waals surface area contributed by atoms with Crippen LogP contribution in [-0.2, 0) is 24.3 Å². The third-order valence-corrected chi connectivity index (χ3v) is 6.11. The number of benzene rings is 2. The maximum atomic E-state index is 12.5. The smallest absolute Gasteiger partial charge is 0.322 e. The summed E-state index contributed by atoms with van der Waals surface area (Å²) in [7, 11) is -3.88. The van der Waals surface area contributed by atoms with Crippen LogP contribution in [0, 0.1) is 13.8 Å². The fraction of sp³-hybridized carbons (Fsp3) is 0.333. The zero-order valence-electron chi connectivity index (χ0n) is 16.3. The molecule has 2 aromatic carbocycles. The summed E-state index contributed by atoms with van der Waals surface area (Å²) in [5, 5.41) is 2.81. The monoisotopic (exact) mass is 416 g/mol. The van der Waals surface area contributed by atoms with Crippen molar-refractivity contribution in [1.29, 1.82) is 0 Å². The molecule has 0 spiro atoms. The van der Waals surface area contributed by atoms with Crippen molar-refractivity contribution in [2.45, 2.75) is 43.7 Å². The van der Waals surface area contributed by atoms with Crippen LogP contribution in [0.3, 0.4) is 0 Å². The van der Waals surface area contributed by atoms with E-state index in [0.717, 1.165) is 24.0 Å². The van der Waals surface area contributed by atoms with Gasteiger partial charge in [0.1, 0.15) is 6.54 Å². The first-order valence-electron chi connectivity index (χ1n) is 9.38. The lowest BCUT2D eigenvalue weighted by molar-refractivity contribution is -0.155. The maximum Gasteiger partial charge on any atom is 0.322 e. The molecule has 0 aliphatic heterocycles. The summed E-state index contributed by atoms with van der Waals surface area (Å²) in [5.74, 6) is -1.25. The second-order valence-corrected chi connectivity index (χ2v) is 8.90. The number of aryl methyl sites for hydroxylation is 2. The van der Waals surface area contributed by atoms with E-state index in [-0.39, 0.29) is 10.9 Å². The molecule has 7 nitrogen and oxygen atoms in total. The van der Waals surface area contributed by atoms with Gasteiger partial charge < -0.3 is 10.1 Å². The molecule has 154 valence electrons. The first-order chi connectivity index (χ1) is 13.8. The topological polar surface area (TPSA) is 102 Å². The Balaban J connectivity index is 1.66. The molecule has 0 bridgehead atoms. The molecule has 0 heterocycles. The number of hydrogen-bond acceptors (Lipinski definition) is 5. The number of ether oxygens (including phenoxy) is 1. The van der Waals surface area contributed by atoms with Gasteiger partial charge in [-0.25, -0.2) is 8.42 Å². The highest BCUT2D eigenvalue weighted by Crippen LogP contribution is 2.23. The largest absolute Gasteiger partial charge is 0.446 e. The molecule has 1 fully saturated rings. The number of rotatable bonds is 8. The van der Waals surface area contributed by atoms with Crippen LogP contribution in [-0.4, -0.2) is 32.9 Å². The molecule has 0 unspecified atom stereocenters. The third kappa shape index (κ3) is 5.65. The van der Waals surface area contributed by atoms with Crippen molar-refractivity contribution >= 4 is 21.9 Å². The molecule has 0 aromatic heterocycles. The molecule has 2 aromatic rings. The second-order valence-electron chi connectivity index (χ2n) is 7.13. The minimum atomic E-state index is -3.88. The highest BCUT2D eigenvalue weighted by Gasteiger charge is 2.31. The number of sulfonamides is 1. The summed E-state index contributed by atoms with van der Waals surface area (Å²) in [6, 6.07) is 13.5. The molecule has 3 rings (SSSR count). The van der Waals surface area contributed by atoms with Crippen LogP contribution in [0.15, 0.2) is 53.4 Å². The van der Waals surface area contributed by atoms with E-state index >= 15 is 0 Å². The molecule has 1 atom stereocenters. The average molecular weight is 416 g/mol. The van der Waals surface area contributed by atoms with E-state index in [0.29, 0.717) is 5.56 Å². The van der Waals surface area contributed by atoms with Crippen molar-refractivity contribution in [3.05, 3.63) is 65.2 Å². The number of carbonyl (C=O) groups excluding carboxylic acids is 2. The van der Waals surface area contributed by atoms with Crippen molar-refractivity contribution in [2.24, 2.45) is 0 Å².